The fourth-order valence-electron chi connectivity index (χ4n) is 3.69. The van der Waals surface area contributed by atoms with Gasteiger partial charge in [0.1, 0.15) is 18.3 Å². The Morgan fingerprint density at radius 2 is 0.889 bits per heavy atom. The quantitative estimate of drug-likeness (QED) is 0.205. The smallest absolute Gasteiger partial charge is 0.339 e. The van der Waals surface area contributed by atoms with E-state index in [1.165, 1.54) is 12.8 Å². The number of aliphatic carboxylic acids is 3. The number of esters is 2. The molecule has 0 atom stereocenters. The molecule has 0 aromatic heterocycles. The predicted octanol–water partition coefficient (Wildman–Crippen LogP) is 4.44. The molecule has 13 nitrogen and oxygen atoms in total. The maximum absolute atomic E-state index is 12.5. The predicted molar refractivity (Wildman–Crippen MR) is 165 cm³/mol. The molecule has 0 aliphatic heterocycles. The van der Waals surface area contributed by atoms with E-state index in [0.29, 0.717) is 11.1 Å². The van der Waals surface area contributed by atoms with E-state index in [2.05, 4.69) is 0 Å². The van der Waals surface area contributed by atoms with E-state index in [4.69, 9.17) is 40.1 Å². The summed E-state index contributed by atoms with van der Waals surface area (Å²) < 4.78 is 11.2. The third kappa shape index (κ3) is 24.5. The monoisotopic (exact) mass is 644 g/mol. The molecule has 1 aromatic carbocycles. The summed E-state index contributed by atoms with van der Waals surface area (Å²) in [6, 6.07) is 6.83. The highest BCUT2D eigenvalue weighted by Gasteiger charge is 2.25. The van der Waals surface area contributed by atoms with E-state index < -0.39 is 36.0 Å². The van der Waals surface area contributed by atoms with Gasteiger partial charge in [-0.25, -0.2) is 9.59 Å². The molecule has 0 unspecified atom stereocenters. The SMILES string of the molecule is CCC(=O)O.CCC(=O)O.CCC(=O)O.O=C(OC1CCCCC1)c1ccccc1C(=O)OC1CCCCC1.OCC(O)CO. The molecule has 0 amide bonds. The largest absolute Gasteiger partial charge is 0.481 e. The van der Waals surface area contributed by atoms with Crippen LogP contribution in [-0.4, -0.2) is 92.0 Å². The molecule has 0 bridgehead atoms. The van der Waals surface area contributed by atoms with Gasteiger partial charge in [-0.15, -0.1) is 0 Å². The lowest BCUT2D eigenvalue weighted by Crippen LogP contribution is -2.24. The fraction of sp³-hybridized carbons (Fsp3) is 0.656. The molecule has 2 aliphatic rings. The Morgan fingerprint density at radius 3 is 1.09 bits per heavy atom. The topological polar surface area (TPSA) is 225 Å². The molecule has 1 aromatic rings. The molecule has 13 heteroatoms. The average molecular weight is 645 g/mol. The molecule has 3 rings (SSSR count). The number of carbonyl (C=O) groups excluding carboxylic acids is 2. The van der Waals surface area contributed by atoms with E-state index in [0.717, 1.165) is 51.4 Å². The van der Waals surface area contributed by atoms with Crippen LogP contribution in [0.3, 0.4) is 0 Å². The van der Waals surface area contributed by atoms with Gasteiger partial charge in [0, 0.05) is 19.3 Å². The normalized spacial score (nSPS) is 14.3. The molecule has 0 spiro atoms. The summed E-state index contributed by atoms with van der Waals surface area (Å²) in [5.41, 5.74) is 0.646. The standard InChI is InChI=1S/C20H26O4.C3H8O3.3C3H6O2/c21-19(23-15-9-3-1-4-10-15)17-13-7-8-14-18(17)20(22)24-16-11-5-2-6-12-16;4-1-3(6)2-5;3*1-2-3(4)5/h7-8,13-16H,1-6,9-12H2;3-6H,1-2H2;3*2H2,1H3,(H,4,5). The Morgan fingerprint density at radius 1 is 0.622 bits per heavy atom. The van der Waals surface area contributed by atoms with Crippen molar-refractivity contribution in [3.63, 3.8) is 0 Å². The maximum atomic E-state index is 12.5. The molecule has 6 N–H and O–H groups in total. The van der Waals surface area contributed by atoms with Crippen molar-refractivity contribution in [1.29, 1.82) is 0 Å². The highest BCUT2D eigenvalue weighted by Crippen LogP contribution is 2.24. The molecule has 258 valence electrons. The number of carboxylic acid groups (broad SMARTS) is 3. The van der Waals surface area contributed by atoms with Crippen molar-refractivity contribution in [2.24, 2.45) is 0 Å². The lowest BCUT2D eigenvalue weighted by molar-refractivity contribution is -0.137. The highest BCUT2D eigenvalue weighted by molar-refractivity contribution is 6.03. The van der Waals surface area contributed by atoms with Crippen LogP contribution in [0.15, 0.2) is 24.3 Å². The van der Waals surface area contributed by atoms with Crippen LogP contribution >= 0.6 is 0 Å². The van der Waals surface area contributed by atoms with E-state index in [9.17, 15) is 24.0 Å². The fourth-order valence-corrected chi connectivity index (χ4v) is 3.69. The Hall–Kier alpha value is -3.55. The van der Waals surface area contributed by atoms with Crippen molar-refractivity contribution in [3.05, 3.63) is 35.4 Å². The van der Waals surface area contributed by atoms with Crippen LogP contribution in [0.2, 0.25) is 0 Å². The number of aliphatic hydroxyl groups is 3. The minimum absolute atomic E-state index is 0.0197. The van der Waals surface area contributed by atoms with E-state index in [1.807, 2.05) is 0 Å². The number of hydrogen-bond acceptors (Lipinski definition) is 10. The zero-order chi connectivity index (χ0) is 34.6. The number of benzene rings is 1. The van der Waals surface area contributed by atoms with Crippen LogP contribution in [0.1, 0.15) is 125 Å². The minimum Gasteiger partial charge on any atom is -0.481 e. The van der Waals surface area contributed by atoms with Gasteiger partial charge in [0.05, 0.1) is 24.3 Å². The molecule has 2 aliphatic carbocycles. The van der Waals surface area contributed by atoms with Gasteiger partial charge < -0.3 is 40.1 Å². The average Bonchev–Trinajstić information content (AvgIpc) is 3.06. The molecule has 2 fully saturated rings. The summed E-state index contributed by atoms with van der Waals surface area (Å²) in [6.07, 6.45) is 10.2. The minimum atomic E-state index is -0.954. The lowest BCUT2D eigenvalue weighted by Gasteiger charge is -2.23. The van der Waals surface area contributed by atoms with E-state index >= 15 is 0 Å². The lowest BCUT2D eigenvalue weighted by atomic mass is 9.97. The van der Waals surface area contributed by atoms with Crippen LogP contribution < -0.4 is 0 Å². The molecule has 45 heavy (non-hydrogen) atoms. The second-order valence-electron chi connectivity index (χ2n) is 10.1. The van der Waals surface area contributed by atoms with E-state index in [-0.39, 0.29) is 44.7 Å². The summed E-state index contributed by atoms with van der Waals surface area (Å²) in [5, 5.41) is 47.2. The summed E-state index contributed by atoms with van der Waals surface area (Å²) >= 11 is 0. The summed E-state index contributed by atoms with van der Waals surface area (Å²) in [6.45, 7) is 4.07. The first-order valence-corrected chi connectivity index (χ1v) is 15.4. The van der Waals surface area contributed by atoms with Gasteiger partial charge in [-0.1, -0.05) is 45.7 Å². The Kier molecular flexibility index (Phi) is 27.1. The van der Waals surface area contributed by atoms with Gasteiger partial charge in [-0.05, 0) is 63.5 Å². The van der Waals surface area contributed by atoms with E-state index in [1.54, 1.807) is 45.0 Å². The van der Waals surface area contributed by atoms with Crippen LogP contribution in [0, 0.1) is 0 Å². The van der Waals surface area contributed by atoms with Gasteiger partial charge in [0.2, 0.25) is 0 Å². The first-order valence-electron chi connectivity index (χ1n) is 15.4. The summed E-state index contributed by atoms with van der Waals surface area (Å²) in [7, 11) is 0. The number of ether oxygens (including phenoxy) is 2. The molecular formula is C32H52O13. The number of aliphatic hydroxyl groups excluding tert-OH is 3. The Balaban J connectivity index is 0. The first-order chi connectivity index (χ1) is 21.4. The van der Waals surface area contributed by atoms with Gasteiger partial charge in [-0.3, -0.25) is 14.4 Å². The van der Waals surface area contributed by atoms with Crippen LogP contribution in [0.4, 0.5) is 0 Å². The molecule has 0 heterocycles. The Labute approximate surface area is 265 Å². The first kappa shape index (κ1) is 43.6. The zero-order valence-electron chi connectivity index (χ0n) is 26.7. The van der Waals surface area contributed by atoms with Crippen LogP contribution in [0.5, 0.6) is 0 Å². The molecule has 2 saturated carbocycles. The van der Waals surface area contributed by atoms with Crippen molar-refractivity contribution in [3.8, 4) is 0 Å². The van der Waals surface area contributed by atoms with Crippen LogP contribution in [0.25, 0.3) is 0 Å². The van der Waals surface area contributed by atoms with Crippen molar-refractivity contribution in [1.82, 2.24) is 0 Å². The van der Waals surface area contributed by atoms with Gasteiger partial charge in [-0.2, -0.15) is 0 Å². The molecule has 0 saturated heterocycles. The maximum Gasteiger partial charge on any atom is 0.339 e. The second-order valence-corrected chi connectivity index (χ2v) is 10.1. The van der Waals surface area contributed by atoms with Crippen molar-refractivity contribution < 1.29 is 64.1 Å². The number of carboxylic acids is 3. The van der Waals surface area contributed by atoms with Gasteiger partial charge in [0.25, 0.3) is 0 Å². The summed E-state index contributed by atoms with van der Waals surface area (Å²) in [5.74, 6) is -3.05. The molecular weight excluding hydrogens is 592 g/mol. The van der Waals surface area contributed by atoms with Gasteiger partial charge >= 0.3 is 29.8 Å². The number of hydrogen-bond donors (Lipinski definition) is 6. The Bertz CT molecular complexity index is 879. The van der Waals surface area contributed by atoms with Crippen molar-refractivity contribution >= 4 is 29.8 Å². The number of rotatable bonds is 9. The second kappa shape index (κ2) is 28.0. The number of carbonyl (C=O) groups is 5. The highest BCUT2D eigenvalue weighted by atomic mass is 16.6. The van der Waals surface area contributed by atoms with Crippen LogP contribution in [-0.2, 0) is 23.9 Å². The van der Waals surface area contributed by atoms with Crippen molar-refractivity contribution in [2.75, 3.05) is 13.2 Å². The third-order valence-corrected chi connectivity index (χ3v) is 6.35. The van der Waals surface area contributed by atoms with Gasteiger partial charge in [0.15, 0.2) is 0 Å². The van der Waals surface area contributed by atoms with Crippen molar-refractivity contribution in [2.45, 2.75) is 123 Å². The molecule has 0 radical (unpaired) electrons. The summed E-state index contributed by atoms with van der Waals surface area (Å²) in [4.78, 5) is 53.1. The zero-order valence-corrected chi connectivity index (χ0v) is 26.7. The third-order valence-electron chi connectivity index (χ3n) is 6.35.